The number of hydrogen-bond acceptors (Lipinski definition) is 3. The van der Waals surface area contributed by atoms with Crippen molar-refractivity contribution in [2.75, 3.05) is 0 Å². The molecule has 0 aliphatic carbocycles. The number of pyridine rings is 1. The SMILES string of the molecule is Cc1cnc(-c2cccc(-c3cccc4c3nc(-c3cc(-n5c6ccccc6c6ccccc65)cc(C(C)(C)C)c3O)n4C)c2)cc1-c1ccccc1. The zero-order valence-corrected chi connectivity index (χ0v) is 30.6. The number of nitrogens with zero attached hydrogens (tertiary/aromatic N) is 4. The van der Waals surface area contributed by atoms with E-state index in [4.69, 9.17) is 9.97 Å². The summed E-state index contributed by atoms with van der Waals surface area (Å²) in [7, 11) is 2.04. The van der Waals surface area contributed by atoms with Crippen molar-refractivity contribution in [1.82, 2.24) is 19.1 Å². The van der Waals surface area contributed by atoms with Gasteiger partial charge in [-0.1, -0.05) is 118 Å². The number of fused-ring (bicyclic) bond motifs is 4. The third kappa shape index (κ3) is 5.39. The lowest BCUT2D eigenvalue weighted by atomic mass is 9.84. The molecule has 258 valence electrons. The molecular weight excluding hydrogens is 649 g/mol. The van der Waals surface area contributed by atoms with Crippen molar-refractivity contribution in [3.05, 3.63) is 157 Å². The summed E-state index contributed by atoms with van der Waals surface area (Å²) in [4.78, 5) is 10.2. The van der Waals surface area contributed by atoms with Gasteiger partial charge in [-0.15, -0.1) is 0 Å². The monoisotopic (exact) mass is 688 g/mol. The highest BCUT2D eigenvalue weighted by Gasteiger charge is 2.26. The van der Waals surface area contributed by atoms with Gasteiger partial charge in [0.1, 0.15) is 11.6 Å². The van der Waals surface area contributed by atoms with Gasteiger partial charge in [-0.2, -0.15) is 0 Å². The molecule has 53 heavy (non-hydrogen) atoms. The van der Waals surface area contributed by atoms with Gasteiger partial charge >= 0.3 is 0 Å². The Hall–Kier alpha value is -6.46. The molecule has 6 aromatic carbocycles. The first-order valence-electron chi connectivity index (χ1n) is 18.1. The van der Waals surface area contributed by atoms with E-state index in [1.165, 1.54) is 21.9 Å². The third-order valence-electron chi connectivity index (χ3n) is 10.6. The molecule has 3 heterocycles. The lowest BCUT2D eigenvalue weighted by Gasteiger charge is -2.24. The van der Waals surface area contributed by atoms with E-state index in [2.05, 4.69) is 170 Å². The van der Waals surface area contributed by atoms with Gasteiger partial charge < -0.3 is 14.2 Å². The van der Waals surface area contributed by atoms with E-state index in [9.17, 15) is 5.11 Å². The minimum absolute atomic E-state index is 0.253. The van der Waals surface area contributed by atoms with Crippen molar-refractivity contribution in [2.45, 2.75) is 33.1 Å². The molecule has 9 aromatic rings. The number of imidazole rings is 1. The Labute approximate surface area is 309 Å². The first-order valence-corrected chi connectivity index (χ1v) is 18.1. The van der Waals surface area contributed by atoms with Gasteiger partial charge in [0.25, 0.3) is 0 Å². The summed E-state index contributed by atoms with van der Waals surface area (Å²) in [5, 5.41) is 14.5. The average Bonchev–Trinajstić information content (AvgIpc) is 3.70. The highest BCUT2D eigenvalue weighted by atomic mass is 16.3. The normalized spacial score (nSPS) is 11.9. The number of hydrogen-bond donors (Lipinski definition) is 1. The van der Waals surface area contributed by atoms with E-state index in [1.54, 1.807) is 0 Å². The van der Waals surface area contributed by atoms with E-state index in [1.807, 2.05) is 19.3 Å². The number of phenolic OH excluding ortho intramolecular Hbond substituents is 1. The molecule has 0 fully saturated rings. The molecule has 0 bridgehead atoms. The van der Waals surface area contributed by atoms with Crippen LogP contribution in [0.1, 0.15) is 31.9 Å². The summed E-state index contributed by atoms with van der Waals surface area (Å²) in [6.07, 6.45) is 1.96. The second-order valence-electron chi connectivity index (χ2n) is 15.0. The van der Waals surface area contributed by atoms with Crippen LogP contribution in [0, 0.1) is 6.92 Å². The van der Waals surface area contributed by atoms with Crippen LogP contribution < -0.4 is 0 Å². The van der Waals surface area contributed by atoms with Crippen LogP contribution in [0.5, 0.6) is 5.75 Å². The molecule has 0 unspecified atom stereocenters. The van der Waals surface area contributed by atoms with Gasteiger partial charge in [-0.05, 0) is 77.1 Å². The minimum atomic E-state index is -0.325. The smallest absolute Gasteiger partial charge is 0.144 e. The first-order chi connectivity index (χ1) is 25.7. The van der Waals surface area contributed by atoms with Gasteiger partial charge in [0.2, 0.25) is 0 Å². The van der Waals surface area contributed by atoms with Crippen LogP contribution in [0.15, 0.2) is 146 Å². The Morgan fingerprint density at radius 2 is 1.21 bits per heavy atom. The summed E-state index contributed by atoms with van der Waals surface area (Å²) in [5.74, 6) is 0.963. The van der Waals surface area contributed by atoms with E-state index < -0.39 is 0 Å². The molecule has 5 heteroatoms. The summed E-state index contributed by atoms with van der Waals surface area (Å²) in [5.41, 5.74) is 13.9. The molecule has 0 radical (unpaired) electrons. The Morgan fingerprint density at radius 3 is 1.92 bits per heavy atom. The van der Waals surface area contributed by atoms with Crippen molar-refractivity contribution in [2.24, 2.45) is 7.05 Å². The molecule has 9 rings (SSSR count). The molecular formula is C48H40N4O. The Bertz CT molecular complexity index is 2800. The average molecular weight is 689 g/mol. The van der Waals surface area contributed by atoms with Gasteiger partial charge in [-0.3, -0.25) is 4.98 Å². The fraction of sp³-hybridized carbons (Fsp3) is 0.125. The number of aryl methyl sites for hydroxylation is 2. The number of aromatic hydroxyl groups is 1. The second-order valence-corrected chi connectivity index (χ2v) is 15.0. The maximum atomic E-state index is 12.1. The minimum Gasteiger partial charge on any atom is -0.507 e. The van der Waals surface area contributed by atoms with Crippen molar-refractivity contribution in [3.8, 4) is 56.3 Å². The largest absolute Gasteiger partial charge is 0.507 e. The van der Waals surface area contributed by atoms with E-state index in [-0.39, 0.29) is 11.2 Å². The van der Waals surface area contributed by atoms with Crippen LogP contribution in [0.4, 0.5) is 0 Å². The number of para-hydroxylation sites is 3. The fourth-order valence-corrected chi connectivity index (χ4v) is 7.84. The van der Waals surface area contributed by atoms with E-state index in [0.717, 1.165) is 61.3 Å². The van der Waals surface area contributed by atoms with Crippen LogP contribution in [-0.4, -0.2) is 24.2 Å². The summed E-state index contributed by atoms with van der Waals surface area (Å²) in [6.45, 7) is 8.55. The van der Waals surface area contributed by atoms with E-state index in [0.29, 0.717) is 11.4 Å². The second kappa shape index (κ2) is 12.3. The molecule has 5 nitrogen and oxygen atoms in total. The summed E-state index contributed by atoms with van der Waals surface area (Å²) in [6, 6.07) is 48.8. The van der Waals surface area contributed by atoms with Crippen LogP contribution >= 0.6 is 0 Å². The molecule has 1 N–H and O–H groups in total. The lowest BCUT2D eigenvalue weighted by molar-refractivity contribution is 0.448. The predicted molar refractivity (Wildman–Crippen MR) is 220 cm³/mol. The Balaban J connectivity index is 1.21. The fourth-order valence-electron chi connectivity index (χ4n) is 7.84. The summed E-state index contributed by atoms with van der Waals surface area (Å²) >= 11 is 0. The maximum Gasteiger partial charge on any atom is 0.144 e. The molecule has 0 spiro atoms. The first kappa shape index (κ1) is 32.4. The molecule has 0 atom stereocenters. The summed E-state index contributed by atoms with van der Waals surface area (Å²) < 4.78 is 4.41. The molecule has 3 aromatic heterocycles. The zero-order valence-electron chi connectivity index (χ0n) is 30.6. The molecule has 0 saturated heterocycles. The molecule has 0 aliphatic heterocycles. The number of rotatable bonds is 5. The maximum absolute atomic E-state index is 12.1. The zero-order chi connectivity index (χ0) is 36.4. The van der Waals surface area contributed by atoms with Crippen molar-refractivity contribution >= 4 is 32.8 Å². The molecule has 0 amide bonds. The number of phenols is 1. The molecule has 0 aliphatic rings. The quantitative estimate of drug-likeness (QED) is 0.196. The standard InChI is InChI=1S/C48H40N4O/c1-30-29-49-41(28-38(30)31-15-7-6-8-16-31)33-18-13-17-32(25-33)35-21-14-24-44-45(35)50-47(51(44)5)39-26-34(27-40(46(39)53)48(2,3)4)52-42-22-11-9-19-36(42)37-20-10-12-23-43(37)52/h6-29,53H,1-5H3. The van der Waals surface area contributed by atoms with Crippen LogP contribution in [0.25, 0.3) is 83.4 Å². The van der Waals surface area contributed by atoms with E-state index >= 15 is 0 Å². The highest BCUT2D eigenvalue weighted by molar-refractivity contribution is 6.09. The Kier molecular flexibility index (Phi) is 7.56. The van der Waals surface area contributed by atoms with Crippen LogP contribution in [0.2, 0.25) is 0 Å². The number of benzene rings is 6. The van der Waals surface area contributed by atoms with Crippen molar-refractivity contribution < 1.29 is 5.11 Å². The topological polar surface area (TPSA) is 55.9 Å². The van der Waals surface area contributed by atoms with Crippen molar-refractivity contribution in [1.29, 1.82) is 0 Å². The lowest BCUT2D eigenvalue weighted by Crippen LogP contribution is -2.13. The molecule has 0 saturated carbocycles. The Morgan fingerprint density at radius 1 is 0.585 bits per heavy atom. The third-order valence-corrected chi connectivity index (χ3v) is 10.6. The van der Waals surface area contributed by atoms with Gasteiger partial charge in [0.15, 0.2) is 0 Å². The van der Waals surface area contributed by atoms with Crippen molar-refractivity contribution in [3.63, 3.8) is 0 Å². The predicted octanol–water partition coefficient (Wildman–Crippen LogP) is 12.0. The van der Waals surface area contributed by atoms with Crippen LogP contribution in [0.3, 0.4) is 0 Å². The van der Waals surface area contributed by atoms with Gasteiger partial charge in [0, 0.05) is 46.4 Å². The van der Waals surface area contributed by atoms with Gasteiger partial charge in [0.05, 0.1) is 33.3 Å². The highest BCUT2D eigenvalue weighted by Crippen LogP contribution is 2.43. The van der Waals surface area contributed by atoms with Crippen LogP contribution in [-0.2, 0) is 12.5 Å². The number of aromatic nitrogens is 4. The van der Waals surface area contributed by atoms with Gasteiger partial charge in [-0.25, -0.2) is 4.98 Å².